The summed E-state index contributed by atoms with van der Waals surface area (Å²) in [5.74, 6) is -0.533. The molecule has 3 aliphatic rings. The van der Waals surface area contributed by atoms with E-state index in [-0.39, 0.29) is 12.0 Å². The van der Waals surface area contributed by atoms with Crippen molar-refractivity contribution in [1.29, 1.82) is 0 Å². The van der Waals surface area contributed by atoms with Crippen molar-refractivity contribution in [3.05, 3.63) is 42.4 Å². The van der Waals surface area contributed by atoms with Crippen molar-refractivity contribution >= 4 is 28.9 Å². The number of carbonyl (C=O) groups is 1. The summed E-state index contributed by atoms with van der Waals surface area (Å²) in [6.07, 6.45) is 6.83. The number of carboxylic acids is 1. The summed E-state index contributed by atoms with van der Waals surface area (Å²) in [7, 11) is 0. The third-order valence-electron chi connectivity index (χ3n) is 6.59. The van der Waals surface area contributed by atoms with Crippen LogP contribution in [0.5, 0.6) is 0 Å². The van der Waals surface area contributed by atoms with E-state index < -0.39 is 17.7 Å². The average molecular weight is 407 g/mol. The first kappa shape index (κ1) is 18.7. The molecular formula is C22H22FN5O2. The standard InChI is InChI=1S/C22H22FN5O2/c1-2-11-7-8-16(19-15-9-14(23)10-24-21(15)28-27-19)25-20(11)26-18-13-5-3-12(4-6-13)17(18)22(29)30/h2,7-10,12-13,17-18H,1,3-6H2,(H,25,26)(H,29,30)(H,24,27,28). The molecule has 3 fully saturated rings. The molecule has 154 valence electrons. The second-order valence-electron chi connectivity index (χ2n) is 8.17. The number of halogens is 1. The van der Waals surface area contributed by atoms with Crippen LogP contribution in [0.2, 0.25) is 0 Å². The van der Waals surface area contributed by atoms with Crippen LogP contribution < -0.4 is 5.32 Å². The highest BCUT2D eigenvalue weighted by atomic mass is 19.1. The number of pyridine rings is 2. The maximum absolute atomic E-state index is 13.7. The van der Waals surface area contributed by atoms with Crippen molar-refractivity contribution in [3.8, 4) is 11.4 Å². The second kappa shape index (κ2) is 7.19. The first-order valence-corrected chi connectivity index (χ1v) is 10.2. The van der Waals surface area contributed by atoms with Crippen molar-refractivity contribution in [2.45, 2.75) is 31.7 Å². The SMILES string of the molecule is C=Cc1ccc(-c2[nH]nc3ncc(F)cc23)nc1NC1C2CCC(CC2)C1C(=O)O. The van der Waals surface area contributed by atoms with Gasteiger partial charge in [0.2, 0.25) is 0 Å². The highest BCUT2D eigenvalue weighted by Crippen LogP contribution is 2.46. The molecule has 0 aliphatic heterocycles. The Hall–Kier alpha value is -3.29. The third kappa shape index (κ3) is 3.03. The van der Waals surface area contributed by atoms with Gasteiger partial charge in [0.05, 0.1) is 28.9 Å². The second-order valence-corrected chi connectivity index (χ2v) is 8.17. The van der Waals surface area contributed by atoms with Gasteiger partial charge in [-0.15, -0.1) is 0 Å². The number of nitrogens with zero attached hydrogens (tertiary/aromatic N) is 3. The molecule has 3 aromatic rings. The molecule has 0 radical (unpaired) electrons. The third-order valence-corrected chi connectivity index (χ3v) is 6.59. The molecule has 0 aromatic carbocycles. The van der Waals surface area contributed by atoms with Crippen molar-refractivity contribution in [3.63, 3.8) is 0 Å². The van der Waals surface area contributed by atoms with Crippen molar-refractivity contribution < 1.29 is 14.3 Å². The lowest BCUT2D eigenvalue weighted by Crippen LogP contribution is -2.51. The van der Waals surface area contributed by atoms with Gasteiger partial charge in [-0.3, -0.25) is 9.89 Å². The number of rotatable bonds is 5. The smallest absolute Gasteiger partial charge is 0.308 e. The minimum Gasteiger partial charge on any atom is -0.481 e. The highest BCUT2D eigenvalue weighted by Gasteiger charge is 2.47. The Labute approximate surface area is 172 Å². The fourth-order valence-corrected chi connectivity index (χ4v) is 5.13. The van der Waals surface area contributed by atoms with Crippen LogP contribution >= 0.6 is 0 Å². The molecule has 0 spiro atoms. The van der Waals surface area contributed by atoms with Gasteiger partial charge in [-0.2, -0.15) is 5.10 Å². The van der Waals surface area contributed by atoms with E-state index in [1.165, 1.54) is 6.07 Å². The van der Waals surface area contributed by atoms with Gasteiger partial charge in [0, 0.05) is 11.6 Å². The van der Waals surface area contributed by atoms with Gasteiger partial charge >= 0.3 is 5.97 Å². The predicted octanol–water partition coefficient (Wildman–Crippen LogP) is 4.10. The Morgan fingerprint density at radius 3 is 2.77 bits per heavy atom. The molecule has 3 aromatic heterocycles. The molecule has 8 heteroatoms. The van der Waals surface area contributed by atoms with E-state index in [4.69, 9.17) is 4.98 Å². The molecule has 0 saturated heterocycles. The number of carboxylic acid groups (broad SMARTS) is 1. The zero-order valence-electron chi connectivity index (χ0n) is 16.3. The van der Waals surface area contributed by atoms with Gasteiger partial charge in [-0.05, 0) is 55.7 Å². The number of anilines is 1. The van der Waals surface area contributed by atoms with E-state index in [9.17, 15) is 14.3 Å². The topological polar surface area (TPSA) is 104 Å². The van der Waals surface area contributed by atoms with E-state index in [1.807, 2.05) is 12.1 Å². The molecule has 7 nitrogen and oxygen atoms in total. The number of hydrogen-bond donors (Lipinski definition) is 3. The minimum absolute atomic E-state index is 0.172. The van der Waals surface area contributed by atoms with Crippen LogP contribution in [0.15, 0.2) is 31.0 Å². The van der Waals surface area contributed by atoms with Crippen LogP contribution in [0, 0.1) is 23.6 Å². The number of nitrogens with one attached hydrogen (secondary N) is 2. The number of aromatic nitrogens is 4. The molecule has 2 bridgehead atoms. The lowest BCUT2D eigenvalue weighted by molar-refractivity contribution is -0.148. The van der Waals surface area contributed by atoms with Gasteiger partial charge in [0.25, 0.3) is 0 Å². The molecule has 3 N–H and O–H groups in total. The zero-order valence-corrected chi connectivity index (χ0v) is 16.3. The Kier molecular flexibility index (Phi) is 4.49. The minimum atomic E-state index is -0.751. The van der Waals surface area contributed by atoms with E-state index in [1.54, 1.807) is 6.08 Å². The average Bonchev–Trinajstić information content (AvgIpc) is 3.17. The number of fused-ring (bicyclic) bond motifs is 4. The monoisotopic (exact) mass is 407 g/mol. The van der Waals surface area contributed by atoms with Gasteiger partial charge in [-0.25, -0.2) is 14.4 Å². The summed E-state index contributed by atoms with van der Waals surface area (Å²) >= 11 is 0. The van der Waals surface area contributed by atoms with Crippen LogP contribution in [0.25, 0.3) is 28.5 Å². The van der Waals surface area contributed by atoms with Crippen LogP contribution in [0.1, 0.15) is 31.2 Å². The van der Waals surface area contributed by atoms with E-state index >= 15 is 0 Å². The Morgan fingerprint density at radius 2 is 2.03 bits per heavy atom. The van der Waals surface area contributed by atoms with Crippen LogP contribution in [0.4, 0.5) is 10.2 Å². The van der Waals surface area contributed by atoms with Crippen LogP contribution in [-0.4, -0.2) is 37.3 Å². The van der Waals surface area contributed by atoms with Gasteiger partial charge in [0.1, 0.15) is 11.6 Å². The largest absolute Gasteiger partial charge is 0.481 e. The first-order valence-electron chi connectivity index (χ1n) is 10.2. The van der Waals surface area contributed by atoms with Crippen LogP contribution in [0.3, 0.4) is 0 Å². The van der Waals surface area contributed by atoms with E-state index in [0.29, 0.717) is 34.2 Å². The number of aromatic amines is 1. The summed E-state index contributed by atoms with van der Waals surface area (Å²) < 4.78 is 13.7. The summed E-state index contributed by atoms with van der Waals surface area (Å²) in [6, 6.07) is 4.88. The Balaban J connectivity index is 1.54. The molecule has 0 amide bonds. The zero-order chi connectivity index (χ0) is 20.8. The lowest BCUT2D eigenvalue weighted by atomic mass is 9.61. The molecule has 6 rings (SSSR count). The summed E-state index contributed by atoms with van der Waals surface area (Å²) in [6.45, 7) is 3.86. The maximum Gasteiger partial charge on any atom is 0.308 e. The normalized spacial score (nSPS) is 25.4. The molecule has 30 heavy (non-hydrogen) atoms. The molecule has 2 atom stereocenters. The molecule has 3 heterocycles. The fourth-order valence-electron chi connectivity index (χ4n) is 5.13. The van der Waals surface area contributed by atoms with E-state index in [2.05, 4.69) is 27.1 Å². The number of aliphatic carboxylic acids is 1. The Morgan fingerprint density at radius 1 is 1.27 bits per heavy atom. The van der Waals surface area contributed by atoms with Crippen molar-refractivity contribution in [2.24, 2.45) is 17.8 Å². The lowest BCUT2D eigenvalue weighted by Gasteiger charge is -2.47. The van der Waals surface area contributed by atoms with Gasteiger partial charge in [-0.1, -0.05) is 12.7 Å². The van der Waals surface area contributed by atoms with Crippen molar-refractivity contribution in [2.75, 3.05) is 5.32 Å². The maximum atomic E-state index is 13.7. The Bertz CT molecular complexity index is 1140. The number of hydrogen-bond acceptors (Lipinski definition) is 5. The summed E-state index contributed by atoms with van der Waals surface area (Å²) in [5.41, 5.74) is 2.34. The van der Waals surface area contributed by atoms with Gasteiger partial charge < -0.3 is 10.4 Å². The summed E-state index contributed by atoms with van der Waals surface area (Å²) in [4.78, 5) is 20.7. The fraction of sp³-hybridized carbons (Fsp3) is 0.364. The predicted molar refractivity (Wildman–Crippen MR) is 111 cm³/mol. The quantitative estimate of drug-likeness (QED) is 0.588. The summed E-state index contributed by atoms with van der Waals surface area (Å²) in [5, 5.41) is 20.8. The number of H-pyrrole nitrogens is 1. The molecular weight excluding hydrogens is 385 g/mol. The molecule has 3 saturated carbocycles. The van der Waals surface area contributed by atoms with Gasteiger partial charge in [0.15, 0.2) is 5.65 Å². The molecule has 2 unspecified atom stereocenters. The van der Waals surface area contributed by atoms with Crippen LogP contribution in [-0.2, 0) is 4.79 Å². The molecule has 3 aliphatic carbocycles. The van der Waals surface area contributed by atoms with Crippen molar-refractivity contribution in [1.82, 2.24) is 20.2 Å². The van der Waals surface area contributed by atoms with E-state index in [0.717, 1.165) is 37.4 Å². The first-order chi connectivity index (χ1) is 14.5. The highest BCUT2D eigenvalue weighted by molar-refractivity contribution is 5.90.